The maximum absolute atomic E-state index is 12.7. The van der Waals surface area contributed by atoms with Gasteiger partial charge in [0.2, 0.25) is 0 Å². The van der Waals surface area contributed by atoms with Crippen molar-refractivity contribution in [2.45, 2.75) is 57.7 Å². The number of piperidine rings is 1. The van der Waals surface area contributed by atoms with Gasteiger partial charge in [-0.15, -0.1) is 5.10 Å². The number of Topliss-reactive ketones (excluding diaryl/α,β-unsaturated/α-hetero) is 1. The van der Waals surface area contributed by atoms with Crippen LogP contribution in [0.1, 0.15) is 51.8 Å². The molecule has 0 radical (unpaired) electrons. The minimum absolute atomic E-state index is 0.0643. The quantitative estimate of drug-likeness (QED) is 0.664. The van der Waals surface area contributed by atoms with Gasteiger partial charge in [-0.25, -0.2) is 0 Å². The Labute approximate surface area is 135 Å². The monoisotopic (exact) mass is 320 g/mol. The number of carbonyl (C=O) groups is 2. The molecule has 2 fully saturated rings. The number of aryl methyl sites for hydroxylation is 1. The third-order valence-corrected chi connectivity index (χ3v) is 4.29. The van der Waals surface area contributed by atoms with Crippen LogP contribution in [-0.2, 0) is 21.4 Å². The van der Waals surface area contributed by atoms with Crippen molar-refractivity contribution < 1.29 is 14.3 Å². The van der Waals surface area contributed by atoms with Gasteiger partial charge in [-0.05, 0) is 39.5 Å². The SMILES string of the molecule is Cn1cc(C2NC(C3CC3)CC(=O)C2C(=O)OC(C)(C)C)nn1. The number of rotatable bonds is 3. The zero-order chi connectivity index (χ0) is 16.8. The Balaban J connectivity index is 1.87. The first-order chi connectivity index (χ1) is 10.7. The lowest BCUT2D eigenvalue weighted by molar-refractivity contribution is -0.164. The predicted octanol–water partition coefficient (Wildman–Crippen LogP) is 1.16. The van der Waals surface area contributed by atoms with Crippen molar-refractivity contribution in [1.29, 1.82) is 0 Å². The molecule has 23 heavy (non-hydrogen) atoms. The molecule has 1 aromatic heterocycles. The van der Waals surface area contributed by atoms with E-state index in [1.54, 1.807) is 38.7 Å². The maximum Gasteiger partial charge on any atom is 0.319 e. The van der Waals surface area contributed by atoms with Crippen molar-refractivity contribution in [3.8, 4) is 0 Å². The molecule has 1 aromatic rings. The van der Waals surface area contributed by atoms with Crippen molar-refractivity contribution in [2.75, 3.05) is 0 Å². The molecule has 7 nitrogen and oxygen atoms in total. The van der Waals surface area contributed by atoms with Crippen LogP contribution in [0.2, 0.25) is 0 Å². The van der Waals surface area contributed by atoms with E-state index >= 15 is 0 Å². The highest BCUT2D eigenvalue weighted by Gasteiger charge is 2.48. The molecule has 1 saturated carbocycles. The number of esters is 1. The maximum atomic E-state index is 12.7. The summed E-state index contributed by atoms with van der Waals surface area (Å²) in [5.74, 6) is -0.885. The second-order valence-electron chi connectivity index (χ2n) is 7.59. The fourth-order valence-corrected chi connectivity index (χ4v) is 3.11. The first-order valence-electron chi connectivity index (χ1n) is 8.12. The van der Waals surface area contributed by atoms with Crippen LogP contribution < -0.4 is 5.32 Å². The zero-order valence-corrected chi connectivity index (χ0v) is 14.1. The minimum atomic E-state index is -0.860. The summed E-state index contributed by atoms with van der Waals surface area (Å²) in [6.45, 7) is 5.40. The Bertz CT molecular complexity index is 615. The smallest absolute Gasteiger partial charge is 0.319 e. The van der Waals surface area contributed by atoms with Crippen molar-refractivity contribution >= 4 is 11.8 Å². The number of carbonyl (C=O) groups excluding carboxylic acids is 2. The molecule has 0 aromatic carbocycles. The van der Waals surface area contributed by atoms with Gasteiger partial charge in [-0.1, -0.05) is 5.21 Å². The van der Waals surface area contributed by atoms with Crippen LogP contribution in [0.15, 0.2) is 6.20 Å². The van der Waals surface area contributed by atoms with Crippen molar-refractivity contribution in [1.82, 2.24) is 20.3 Å². The third-order valence-electron chi connectivity index (χ3n) is 4.29. The summed E-state index contributed by atoms with van der Waals surface area (Å²) in [7, 11) is 1.77. The molecule has 3 unspecified atom stereocenters. The van der Waals surface area contributed by atoms with E-state index in [2.05, 4.69) is 15.6 Å². The van der Waals surface area contributed by atoms with Gasteiger partial charge < -0.3 is 10.1 Å². The first-order valence-corrected chi connectivity index (χ1v) is 8.12. The largest absolute Gasteiger partial charge is 0.459 e. The molecule has 2 heterocycles. The molecule has 1 saturated heterocycles. The standard InChI is InChI=1S/C16H24N4O3/c1-16(2,3)23-15(22)13-12(21)7-10(9-5-6-9)17-14(13)11-8-20(4)19-18-11/h8-10,13-14,17H,5-7H2,1-4H3. The van der Waals surface area contributed by atoms with Crippen molar-refractivity contribution in [3.63, 3.8) is 0 Å². The lowest BCUT2D eigenvalue weighted by atomic mass is 9.83. The molecular formula is C16H24N4O3. The molecule has 0 spiro atoms. The van der Waals surface area contributed by atoms with Gasteiger partial charge in [0.1, 0.15) is 17.2 Å². The van der Waals surface area contributed by atoms with Gasteiger partial charge in [0.05, 0.1) is 6.04 Å². The highest BCUT2D eigenvalue weighted by Crippen LogP contribution is 2.40. The average molecular weight is 320 g/mol. The average Bonchev–Trinajstić information content (AvgIpc) is 3.18. The highest BCUT2D eigenvalue weighted by atomic mass is 16.6. The fraction of sp³-hybridized carbons (Fsp3) is 0.750. The first kappa shape index (κ1) is 16.1. The van der Waals surface area contributed by atoms with Crippen LogP contribution in [0, 0.1) is 11.8 Å². The summed E-state index contributed by atoms with van der Waals surface area (Å²) >= 11 is 0. The number of ketones is 1. The topological polar surface area (TPSA) is 86.1 Å². The fourth-order valence-electron chi connectivity index (χ4n) is 3.11. The van der Waals surface area contributed by atoms with Gasteiger partial charge in [0, 0.05) is 25.7 Å². The number of ether oxygens (including phenoxy) is 1. The number of nitrogens with one attached hydrogen (secondary N) is 1. The molecule has 3 atom stereocenters. The number of nitrogens with zero attached hydrogens (tertiary/aromatic N) is 3. The highest BCUT2D eigenvalue weighted by molar-refractivity contribution is 6.01. The van der Waals surface area contributed by atoms with Crippen LogP contribution in [0.4, 0.5) is 0 Å². The van der Waals surface area contributed by atoms with E-state index in [9.17, 15) is 9.59 Å². The van der Waals surface area contributed by atoms with Crippen LogP contribution in [-0.4, -0.2) is 38.4 Å². The summed E-state index contributed by atoms with van der Waals surface area (Å²) in [6.07, 6.45) is 4.40. The summed E-state index contributed by atoms with van der Waals surface area (Å²) < 4.78 is 7.04. The van der Waals surface area contributed by atoms with E-state index in [1.165, 1.54) is 0 Å². The van der Waals surface area contributed by atoms with Gasteiger partial charge in [0.15, 0.2) is 5.78 Å². The van der Waals surface area contributed by atoms with Gasteiger partial charge in [-0.3, -0.25) is 14.3 Å². The van der Waals surface area contributed by atoms with Crippen LogP contribution in [0.3, 0.4) is 0 Å². The Kier molecular flexibility index (Phi) is 4.00. The summed E-state index contributed by atoms with van der Waals surface area (Å²) in [4.78, 5) is 25.2. The molecule has 126 valence electrons. The zero-order valence-electron chi connectivity index (χ0n) is 14.1. The Hall–Kier alpha value is -1.76. The number of hydrogen-bond donors (Lipinski definition) is 1. The van der Waals surface area contributed by atoms with E-state index in [4.69, 9.17) is 4.74 Å². The van der Waals surface area contributed by atoms with Crippen LogP contribution in [0.5, 0.6) is 0 Å². The molecular weight excluding hydrogens is 296 g/mol. The lowest BCUT2D eigenvalue weighted by Gasteiger charge is -2.35. The Morgan fingerprint density at radius 3 is 2.61 bits per heavy atom. The van der Waals surface area contributed by atoms with Crippen LogP contribution in [0.25, 0.3) is 0 Å². The second-order valence-corrected chi connectivity index (χ2v) is 7.59. The van der Waals surface area contributed by atoms with Gasteiger partial charge in [-0.2, -0.15) is 0 Å². The van der Waals surface area contributed by atoms with Gasteiger partial charge in [0.25, 0.3) is 0 Å². The Morgan fingerprint density at radius 1 is 1.39 bits per heavy atom. The molecule has 1 aliphatic heterocycles. The molecule has 1 aliphatic carbocycles. The van der Waals surface area contributed by atoms with E-state index < -0.39 is 23.5 Å². The Morgan fingerprint density at radius 2 is 2.09 bits per heavy atom. The molecule has 3 rings (SSSR count). The van der Waals surface area contributed by atoms with E-state index in [0.717, 1.165) is 12.8 Å². The molecule has 2 aliphatic rings. The molecule has 0 bridgehead atoms. The van der Waals surface area contributed by atoms with Gasteiger partial charge >= 0.3 is 5.97 Å². The van der Waals surface area contributed by atoms with E-state index in [0.29, 0.717) is 18.0 Å². The van der Waals surface area contributed by atoms with Crippen molar-refractivity contribution in [3.05, 3.63) is 11.9 Å². The van der Waals surface area contributed by atoms with Crippen LogP contribution >= 0.6 is 0 Å². The second kappa shape index (κ2) is 5.70. The molecule has 7 heteroatoms. The number of aromatic nitrogens is 3. The summed E-state index contributed by atoms with van der Waals surface area (Å²) in [6, 6.07) is -0.349. The predicted molar refractivity (Wildman–Crippen MR) is 82.4 cm³/mol. The summed E-state index contributed by atoms with van der Waals surface area (Å²) in [5, 5.41) is 11.5. The van der Waals surface area contributed by atoms with Crippen molar-refractivity contribution in [2.24, 2.45) is 18.9 Å². The number of hydrogen-bond acceptors (Lipinski definition) is 6. The van der Waals surface area contributed by atoms with E-state index in [-0.39, 0.29) is 11.8 Å². The summed E-state index contributed by atoms with van der Waals surface area (Å²) in [5.41, 5.74) is -0.0143. The third kappa shape index (κ3) is 3.60. The minimum Gasteiger partial charge on any atom is -0.459 e. The molecule has 0 amide bonds. The van der Waals surface area contributed by atoms with E-state index in [1.807, 2.05) is 0 Å². The normalized spacial score (nSPS) is 28.7. The lowest BCUT2D eigenvalue weighted by Crippen LogP contribution is -2.51. The molecule has 1 N–H and O–H groups in total.